The molecule has 28 heavy (non-hydrogen) atoms. The van der Waals surface area contributed by atoms with E-state index in [1.807, 2.05) is 67.6 Å². The largest absolute Gasteiger partial charge is 0.451 e. The van der Waals surface area contributed by atoms with Crippen molar-refractivity contribution in [1.82, 2.24) is 10.2 Å². The average Bonchev–Trinajstić information content (AvgIpc) is 3.36. The highest BCUT2D eigenvalue weighted by Gasteiger charge is 2.16. The van der Waals surface area contributed by atoms with Crippen molar-refractivity contribution in [2.75, 3.05) is 5.32 Å². The van der Waals surface area contributed by atoms with Crippen molar-refractivity contribution >= 4 is 44.1 Å². The van der Waals surface area contributed by atoms with Crippen LogP contribution in [0, 0.1) is 6.92 Å². The topological polar surface area (TPSA) is 68.0 Å². The molecule has 0 fully saturated rings. The quantitative estimate of drug-likeness (QED) is 0.435. The first-order chi connectivity index (χ1) is 13.7. The number of hydrogen-bond donors (Lipinski definition) is 1. The van der Waals surface area contributed by atoms with Crippen LogP contribution in [-0.4, -0.2) is 16.1 Å². The average molecular weight is 385 g/mol. The number of aromatic nitrogens is 2. The Morgan fingerprint density at radius 1 is 0.964 bits per heavy atom. The lowest BCUT2D eigenvalue weighted by Gasteiger charge is -1.97. The van der Waals surface area contributed by atoms with E-state index in [4.69, 9.17) is 4.42 Å². The molecular weight excluding hydrogens is 370 g/mol. The lowest BCUT2D eigenvalue weighted by atomic mass is 10.1. The highest BCUT2D eigenvalue weighted by atomic mass is 32.1. The lowest BCUT2D eigenvalue weighted by molar-refractivity contribution is 0.0998. The molecule has 136 valence electrons. The summed E-state index contributed by atoms with van der Waals surface area (Å²) in [6.07, 6.45) is 0. The number of furan rings is 1. The van der Waals surface area contributed by atoms with Gasteiger partial charge in [0.15, 0.2) is 5.76 Å². The molecule has 1 amide bonds. The molecule has 2 heterocycles. The molecular formula is C22H15N3O2S. The Bertz CT molecular complexity index is 1320. The van der Waals surface area contributed by atoms with Gasteiger partial charge in [-0.1, -0.05) is 71.5 Å². The van der Waals surface area contributed by atoms with Crippen LogP contribution in [0.2, 0.25) is 0 Å². The van der Waals surface area contributed by atoms with Gasteiger partial charge in [-0.25, -0.2) is 0 Å². The van der Waals surface area contributed by atoms with Gasteiger partial charge in [0, 0.05) is 10.9 Å². The van der Waals surface area contributed by atoms with Crippen LogP contribution in [0.4, 0.5) is 5.13 Å². The molecule has 0 saturated heterocycles. The van der Waals surface area contributed by atoms with E-state index in [1.54, 1.807) is 6.07 Å². The molecule has 0 radical (unpaired) electrons. The Balaban J connectivity index is 1.43. The first kappa shape index (κ1) is 16.6. The van der Waals surface area contributed by atoms with E-state index < -0.39 is 0 Å². The van der Waals surface area contributed by atoms with Crippen LogP contribution in [0.3, 0.4) is 0 Å². The number of aryl methyl sites for hydroxylation is 1. The van der Waals surface area contributed by atoms with Gasteiger partial charge in [0.05, 0.1) is 0 Å². The van der Waals surface area contributed by atoms with Crippen LogP contribution >= 0.6 is 11.3 Å². The minimum absolute atomic E-state index is 0.249. The lowest BCUT2D eigenvalue weighted by Crippen LogP contribution is -2.10. The summed E-state index contributed by atoms with van der Waals surface area (Å²) < 4.78 is 5.76. The molecule has 5 aromatic rings. The van der Waals surface area contributed by atoms with E-state index in [0.717, 1.165) is 26.7 Å². The number of nitrogens with one attached hydrogen (secondary N) is 1. The normalized spacial score (nSPS) is 11.2. The van der Waals surface area contributed by atoms with Crippen LogP contribution in [0.1, 0.15) is 16.1 Å². The third-order valence-corrected chi connectivity index (χ3v) is 5.48. The van der Waals surface area contributed by atoms with Crippen molar-refractivity contribution in [3.05, 3.63) is 78.1 Å². The van der Waals surface area contributed by atoms with Crippen molar-refractivity contribution in [3.63, 3.8) is 0 Å². The SMILES string of the molecule is Cc1ccc(-c2nnc(NC(=O)c3cc4c(ccc5ccccc54)o3)s2)cc1. The molecule has 0 aliphatic rings. The van der Waals surface area contributed by atoms with E-state index in [2.05, 4.69) is 15.5 Å². The van der Waals surface area contributed by atoms with E-state index in [-0.39, 0.29) is 11.7 Å². The second-order valence-corrected chi connectivity index (χ2v) is 7.52. The summed E-state index contributed by atoms with van der Waals surface area (Å²) in [5.41, 5.74) is 2.83. The summed E-state index contributed by atoms with van der Waals surface area (Å²) in [6.45, 7) is 2.03. The number of fused-ring (bicyclic) bond motifs is 3. The monoisotopic (exact) mass is 385 g/mol. The van der Waals surface area contributed by atoms with Gasteiger partial charge in [0.1, 0.15) is 10.6 Å². The number of anilines is 1. The molecule has 0 aliphatic carbocycles. The molecule has 0 atom stereocenters. The van der Waals surface area contributed by atoms with E-state index >= 15 is 0 Å². The number of benzene rings is 3. The highest BCUT2D eigenvalue weighted by Crippen LogP contribution is 2.30. The van der Waals surface area contributed by atoms with Crippen molar-refractivity contribution < 1.29 is 9.21 Å². The third kappa shape index (κ3) is 2.93. The summed E-state index contributed by atoms with van der Waals surface area (Å²) in [6, 6.07) is 21.7. The first-order valence-electron chi connectivity index (χ1n) is 8.80. The molecule has 0 bridgehead atoms. The maximum Gasteiger partial charge on any atom is 0.293 e. The second kappa shape index (κ2) is 6.58. The molecule has 0 spiro atoms. The fourth-order valence-electron chi connectivity index (χ4n) is 3.15. The molecule has 5 rings (SSSR count). The summed E-state index contributed by atoms with van der Waals surface area (Å²) in [5, 5.41) is 15.3. The third-order valence-electron chi connectivity index (χ3n) is 4.59. The van der Waals surface area contributed by atoms with Crippen molar-refractivity contribution in [2.24, 2.45) is 0 Å². The number of amides is 1. The van der Waals surface area contributed by atoms with Gasteiger partial charge in [-0.05, 0) is 29.8 Å². The Kier molecular flexibility index (Phi) is 3.91. The molecule has 1 N–H and O–H groups in total. The minimum Gasteiger partial charge on any atom is -0.451 e. The molecule has 0 aliphatic heterocycles. The van der Waals surface area contributed by atoms with E-state index in [9.17, 15) is 4.79 Å². The summed E-state index contributed by atoms with van der Waals surface area (Å²) in [5.74, 6) is -0.0923. The Hall–Kier alpha value is -3.51. The van der Waals surface area contributed by atoms with Gasteiger partial charge in [-0.15, -0.1) is 10.2 Å². The van der Waals surface area contributed by atoms with Gasteiger partial charge in [0.25, 0.3) is 5.91 Å². The van der Waals surface area contributed by atoms with Crippen LogP contribution in [0.5, 0.6) is 0 Å². The van der Waals surface area contributed by atoms with Crippen molar-refractivity contribution in [1.29, 1.82) is 0 Å². The maximum absolute atomic E-state index is 12.6. The summed E-state index contributed by atoms with van der Waals surface area (Å²) in [4.78, 5) is 12.6. The zero-order valence-electron chi connectivity index (χ0n) is 15.0. The van der Waals surface area contributed by atoms with Gasteiger partial charge in [-0.3, -0.25) is 10.1 Å². The maximum atomic E-state index is 12.6. The number of rotatable bonds is 3. The van der Waals surface area contributed by atoms with Crippen LogP contribution < -0.4 is 5.32 Å². The predicted molar refractivity (Wildman–Crippen MR) is 112 cm³/mol. The number of carbonyl (C=O) groups excluding carboxylic acids is 1. The number of hydrogen-bond acceptors (Lipinski definition) is 5. The predicted octanol–water partition coefficient (Wildman–Crippen LogP) is 5.67. The minimum atomic E-state index is -0.341. The van der Waals surface area contributed by atoms with Gasteiger partial charge in [0.2, 0.25) is 5.13 Å². The molecule has 0 unspecified atom stereocenters. The smallest absolute Gasteiger partial charge is 0.293 e. The standard InChI is InChI=1S/C22H15N3O2S/c1-13-6-8-15(9-7-13)21-24-25-22(28-21)23-20(26)19-12-17-16-5-3-2-4-14(16)10-11-18(17)27-19/h2-12H,1H3,(H,23,25,26). The summed E-state index contributed by atoms with van der Waals surface area (Å²) in [7, 11) is 0. The van der Waals surface area contributed by atoms with Crippen molar-refractivity contribution in [3.8, 4) is 10.6 Å². The van der Waals surface area contributed by atoms with Gasteiger partial charge >= 0.3 is 0 Å². The zero-order valence-corrected chi connectivity index (χ0v) is 15.8. The fraction of sp³-hybridized carbons (Fsp3) is 0.0455. The first-order valence-corrected chi connectivity index (χ1v) is 9.62. The van der Waals surface area contributed by atoms with Crippen LogP contribution in [-0.2, 0) is 0 Å². The Labute approximate surface area is 164 Å². The molecule has 5 nitrogen and oxygen atoms in total. The van der Waals surface area contributed by atoms with Gasteiger partial charge in [-0.2, -0.15) is 0 Å². The van der Waals surface area contributed by atoms with Crippen LogP contribution in [0.15, 0.2) is 71.1 Å². The van der Waals surface area contributed by atoms with E-state index in [0.29, 0.717) is 10.7 Å². The fourth-order valence-corrected chi connectivity index (χ4v) is 3.89. The summed E-state index contributed by atoms with van der Waals surface area (Å²) >= 11 is 1.33. The zero-order chi connectivity index (χ0) is 19.1. The number of nitrogens with zero attached hydrogens (tertiary/aromatic N) is 2. The highest BCUT2D eigenvalue weighted by molar-refractivity contribution is 7.18. The molecule has 0 saturated carbocycles. The second-order valence-electron chi connectivity index (χ2n) is 6.54. The van der Waals surface area contributed by atoms with Crippen LogP contribution in [0.25, 0.3) is 32.3 Å². The van der Waals surface area contributed by atoms with Crippen molar-refractivity contribution in [2.45, 2.75) is 6.92 Å². The Morgan fingerprint density at radius 3 is 2.64 bits per heavy atom. The molecule has 6 heteroatoms. The van der Waals surface area contributed by atoms with Gasteiger partial charge < -0.3 is 4.42 Å². The Morgan fingerprint density at radius 2 is 1.79 bits per heavy atom. The molecule has 3 aromatic carbocycles. The molecule has 2 aromatic heterocycles. The number of carbonyl (C=O) groups is 1. The van der Waals surface area contributed by atoms with E-state index in [1.165, 1.54) is 16.9 Å².